The van der Waals surface area contributed by atoms with Gasteiger partial charge in [0.25, 0.3) is 0 Å². The summed E-state index contributed by atoms with van der Waals surface area (Å²) in [5.74, 6) is 0.857. The summed E-state index contributed by atoms with van der Waals surface area (Å²) in [6.07, 6.45) is 2.05. The van der Waals surface area contributed by atoms with E-state index in [-0.39, 0.29) is 24.0 Å². The number of nitrogens with zero attached hydrogens (tertiary/aromatic N) is 4. The van der Waals surface area contributed by atoms with Crippen molar-refractivity contribution in [3.05, 3.63) is 33.0 Å². The summed E-state index contributed by atoms with van der Waals surface area (Å²) in [5, 5.41) is 14.5. The molecule has 0 aliphatic carbocycles. The maximum atomic E-state index is 4.70. The van der Waals surface area contributed by atoms with Gasteiger partial charge >= 0.3 is 0 Å². The number of rotatable bonds is 7. The molecule has 0 spiro atoms. The van der Waals surface area contributed by atoms with Gasteiger partial charge in [-0.15, -0.1) is 35.3 Å². The van der Waals surface area contributed by atoms with Gasteiger partial charge < -0.3 is 10.6 Å². The molecule has 2 heterocycles. The third-order valence-corrected chi connectivity index (χ3v) is 4.95. The zero-order valence-electron chi connectivity index (χ0n) is 15.7. The molecule has 0 amide bonds. The van der Waals surface area contributed by atoms with E-state index in [1.165, 1.54) is 16.3 Å². The number of hydrogen-bond donors (Lipinski definition) is 2. The van der Waals surface area contributed by atoms with Crippen molar-refractivity contribution >= 4 is 41.3 Å². The van der Waals surface area contributed by atoms with Crippen molar-refractivity contribution in [1.29, 1.82) is 0 Å². The fourth-order valence-electron chi connectivity index (χ4n) is 2.51. The summed E-state index contributed by atoms with van der Waals surface area (Å²) in [6, 6.07) is 0. The number of halogens is 1. The molecule has 2 aromatic rings. The summed E-state index contributed by atoms with van der Waals surface area (Å²) < 4.78 is 1.91. The molecule has 0 aliphatic rings. The van der Waals surface area contributed by atoms with Crippen molar-refractivity contribution in [2.75, 3.05) is 13.1 Å². The van der Waals surface area contributed by atoms with E-state index in [1.54, 1.807) is 11.3 Å². The Labute approximate surface area is 171 Å². The molecule has 0 fully saturated rings. The zero-order valence-corrected chi connectivity index (χ0v) is 18.9. The molecule has 25 heavy (non-hydrogen) atoms. The van der Waals surface area contributed by atoms with Gasteiger partial charge in [0.1, 0.15) is 0 Å². The zero-order chi connectivity index (χ0) is 17.5. The molecule has 2 N–H and O–H groups in total. The second-order valence-electron chi connectivity index (χ2n) is 5.88. The number of aliphatic imine (C=N–C) groups is 1. The summed E-state index contributed by atoms with van der Waals surface area (Å²) >= 11 is 1.74. The van der Waals surface area contributed by atoms with Crippen LogP contribution in [0.4, 0.5) is 0 Å². The molecule has 140 valence electrons. The molecule has 2 rings (SSSR count). The third kappa shape index (κ3) is 6.58. The summed E-state index contributed by atoms with van der Waals surface area (Å²) in [5.41, 5.74) is 4.54. The highest BCUT2D eigenvalue weighted by Crippen LogP contribution is 2.13. The van der Waals surface area contributed by atoms with Crippen LogP contribution in [-0.2, 0) is 20.0 Å². The summed E-state index contributed by atoms with van der Waals surface area (Å²) in [4.78, 5) is 9.19. The SMILES string of the molecule is CCNC(=NCc1c(C)nn(C)c1C)NCCCc1nc(C)cs1.I. The molecule has 0 aliphatic heterocycles. The Bertz CT molecular complexity index is 691. The Morgan fingerprint density at radius 2 is 2.04 bits per heavy atom. The molecule has 2 aromatic heterocycles. The minimum atomic E-state index is 0. The first-order valence-corrected chi connectivity index (χ1v) is 9.31. The fraction of sp³-hybridized carbons (Fsp3) is 0.588. The standard InChI is InChI=1S/C17H28N6S.HI/c1-6-18-17(19-9-7-8-16-21-12(2)11-24-16)20-10-15-13(3)22-23(5)14(15)4;/h11H,6-10H2,1-5H3,(H2,18,19,20);1H. The molecular formula is C17H29IN6S. The van der Waals surface area contributed by atoms with E-state index in [0.717, 1.165) is 43.3 Å². The lowest BCUT2D eigenvalue weighted by atomic mass is 10.2. The van der Waals surface area contributed by atoms with E-state index in [1.807, 2.05) is 25.6 Å². The van der Waals surface area contributed by atoms with E-state index in [2.05, 4.69) is 39.9 Å². The van der Waals surface area contributed by atoms with Gasteiger partial charge in [-0.3, -0.25) is 4.68 Å². The molecule has 0 bridgehead atoms. The van der Waals surface area contributed by atoms with Crippen molar-refractivity contribution in [3.8, 4) is 0 Å². The molecule has 0 unspecified atom stereocenters. The first kappa shape index (κ1) is 21.9. The monoisotopic (exact) mass is 476 g/mol. The maximum Gasteiger partial charge on any atom is 0.191 e. The van der Waals surface area contributed by atoms with Gasteiger partial charge in [0.2, 0.25) is 0 Å². The molecule has 0 atom stereocenters. The Kier molecular flexibility index (Phi) is 9.41. The van der Waals surface area contributed by atoms with Crippen molar-refractivity contribution in [1.82, 2.24) is 25.4 Å². The van der Waals surface area contributed by atoms with Gasteiger partial charge in [0.15, 0.2) is 5.96 Å². The van der Waals surface area contributed by atoms with E-state index in [0.29, 0.717) is 6.54 Å². The Balaban J connectivity index is 0.00000312. The molecule has 0 saturated heterocycles. The predicted molar refractivity (Wildman–Crippen MR) is 116 cm³/mol. The number of hydrogen-bond acceptors (Lipinski definition) is 4. The number of nitrogens with one attached hydrogen (secondary N) is 2. The van der Waals surface area contributed by atoms with Crippen molar-refractivity contribution in [3.63, 3.8) is 0 Å². The molecule has 6 nitrogen and oxygen atoms in total. The van der Waals surface area contributed by atoms with Crippen molar-refractivity contribution < 1.29 is 0 Å². The lowest BCUT2D eigenvalue weighted by Gasteiger charge is -2.11. The Morgan fingerprint density at radius 1 is 1.28 bits per heavy atom. The highest BCUT2D eigenvalue weighted by molar-refractivity contribution is 14.0. The number of aryl methyl sites for hydroxylation is 4. The second-order valence-corrected chi connectivity index (χ2v) is 6.82. The number of aromatic nitrogens is 3. The van der Waals surface area contributed by atoms with Crippen molar-refractivity contribution in [2.24, 2.45) is 12.0 Å². The Hall–Kier alpha value is -1.16. The second kappa shape index (κ2) is 10.7. The van der Waals surface area contributed by atoms with E-state index < -0.39 is 0 Å². The third-order valence-electron chi connectivity index (χ3n) is 3.92. The first-order valence-electron chi connectivity index (χ1n) is 8.43. The average molecular weight is 476 g/mol. The summed E-state index contributed by atoms with van der Waals surface area (Å²) in [7, 11) is 1.97. The normalized spacial score (nSPS) is 11.3. The van der Waals surface area contributed by atoms with E-state index >= 15 is 0 Å². The largest absolute Gasteiger partial charge is 0.357 e. The van der Waals surface area contributed by atoms with Gasteiger partial charge in [-0.2, -0.15) is 5.10 Å². The van der Waals surface area contributed by atoms with Crippen LogP contribution in [0.5, 0.6) is 0 Å². The average Bonchev–Trinajstić information content (AvgIpc) is 3.06. The van der Waals surface area contributed by atoms with Crippen LogP contribution in [0.15, 0.2) is 10.4 Å². The van der Waals surface area contributed by atoms with Crippen molar-refractivity contribution in [2.45, 2.75) is 47.1 Å². The smallest absolute Gasteiger partial charge is 0.191 e. The minimum absolute atomic E-state index is 0. The minimum Gasteiger partial charge on any atom is -0.357 e. The van der Waals surface area contributed by atoms with Crippen LogP contribution in [0.1, 0.15) is 41.0 Å². The molecule has 8 heteroatoms. The topological polar surface area (TPSA) is 67.1 Å². The number of thiazole rings is 1. The van der Waals surface area contributed by atoms with Gasteiger partial charge in [0, 0.05) is 48.9 Å². The van der Waals surface area contributed by atoms with Crippen LogP contribution in [-0.4, -0.2) is 33.8 Å². The van der Waals surface area contributed by atoms with Crippen LogP contribution in [0.25, 0.3) is 0 Å². The molecule has 0 saturated carbocycles. The number of guanidine groups is 1. The Morgan fingerprint density at radius 3 is 2.60 bits per heavy atom. The molecule has 0 aromatic carbocycles. The van der Waals surface area contributed by atoms with Gasteiger partial charge in [0.05, 0.1) is 17.2 Å². The molecule has 0 radical (unpaired) electrons. The van der Waals surface area contributed by atoms with Gasteiger partial charge in [-0.1, -0.05) is 0 Å². The van der Waals surface area contributed by atoms with Crippen LogP contribution >= 0.6 is 35.3 Å². The van der Waals surface area contributed by atoms with Gasteiger partial charge in [-0.25, -0.2) is 9.98 Å². The quantitative estimate of drug-likeness (QED) is 0.279. The van der Waals surface area contributed by atoms with Crippen LogP contribution in [0, 0.1) is 20.8 Å². The highest BCUT2D eigenvalue weighted by atomic mass is 127. The van der Waals surface area contributed by atoms with Gasteiger partial charge in [-0.05, 0) is 34.1 Å². The first-order chi connectivity index (χ1) is 11.5. The molecular weight excluding hydrogens is 447 g/mol. The van der Waals surface area contributed by atoms with Crippen LogP contribution < -0.4 is 10.6 Å². The lowest BCUT2D eigenvalue weighted by Crippen LogP contribution is -2.37. The van der Waals surface area contributed by atoms with E-state index in [4.69, 9.17) is 4.99 Å². The fourth-order valence-corrected chi connectivity index (χ4v) is 3.33. The summed E-state index contributed by atoms with van der Waals surface area (Å²) in [6.45, 7) is 10.6. The lowest BCUT2D eigenvalue weighted by molar-refractivity contribution is 0.729. The van der Waals surface area contributed by atoms with Crippen LogP contribution in [0.2, 0.25) is 0 Å². The van der Waals surface area contributed by atoms with Crippen LogP contribution in [0.3, 0.4) is 0 Å². The van der Waals surface area contributed by atoms with E-state index in [9.17, 15) is 0 Å². The predicted octanol–water partition coefficient (Wildman–Crippen LogP) is 3.11. The maximum absolute atomic E-state index is 4.70. The highest BCUT2D eigenvalue weighted by Gasteiger charge is 2.09.